The molecular formula is C18H31NO. The third kappa shape index (κ3) is 3.97. The van der Waals surface area contributed by atoms with Crippen LogP contribution in [-0.2, 0) is 17.3 Å². The maximum Gasteiger partial charge on any atom is 0.137 e. The minimum Gasteiger partial charge on any atom is -0.506 e. The molecule has 20 heavy (non-hydrogen) atoms. The first-order chi connectivity index (χ1) is 8.73. The van der Waals surface area contributed by atoms with Crippen molar-refractivity contribution in [1.29, 1.82) is 0 Å². The molecule has 1 heterocycles. The molecule has 0 saturated heterocycles. The van der Waals surface area contributed by atoms with Gasteiger partial charge < -0.3 is 5.11 Å². The molecule has 0 aromatic carbocycles. The summed E-state index contributed by atoms with van der Waals surface area (Å²) >= 11 is 0. The molecule has 0 saturated carbocycles. The van der Waals surface area contributed by atoms with Crippen molar-refractivity contribution >= 4 is 0 Å². The average Bonchev–Trinajstić information content (AvgIpc) is 2.15. The first-order valence-corrected chi connectivity index (χ1v) is 7.45. The van der Waals surface area contributed by atoms with Crippen molar-refractivity contribution in [2.24, 2.45) is 5.41 Å². The smallest absolute Gasteiger partial charge is 0.137 e. The molecule has 0 aliphatic rings. The predicted molar refractivity (Wildman–Crippen MR) is 86.5 cm³/mol. The van der Waals surface area contributed by atoms with Crippen molar-refractivity contribution in [3.8, 4) is 5.75 Å². The summed E-state index contributed by atoms with van der Waals surface area (Å²) in [5.74, 6) is 0.331. The van der Waals surface area contributed by atoms with Crippen LogP contribution in [0.25, 0.3) is 0 Å². The van der Waals surface area contributed by atoms with Crippen LogP contribution in [-0.4, -0.2) is 10.1 Å². The van der Waals surface area contributed by atoms with Gasteiger partial charge in [-0.2, -0.15) is 0 Å². The Labute approximate surface area is 124 Å². The highest BCUT2D eigenvalue weighted by Gasteiger charge is 2.31. The maximum atomic E-state index is 10.3. The number of aromatic nitrogens is 1. The summed E-state index contributed by atoms with van der Waals surface area (Å²) in [6.07, 6.45) is 2.48. The monoisotopic (exact) mass is 277 g/mol. The van der Waals surface area contributed by atoms with Gasteiger partial charge in [-0.05, 0) is 22.8 Å². The van der Waals surface area contributed by atoms with Gasteiger partial charge in [-0.25, -0.2) is 0 Å². The Morgan fingerprint density at radius 1 is 0.900 bits per heavy atom. The van der Waals surface area contributed by atoms with Gasteiger partial charge in [0.05, 0.1) is 6.20 Å². The van der Waals surface area contributed by atoms with Crippen molar-refractivity contribution in [2.45, 2.75) is 79.6 Å². The molecule has 0 bridgehead atoms. The Morgan fingerprint density at radius 3 is 1.75 bits per heavy atom. The molecule has 0 aliphatic carbocycles. The lowest BCUT2D eigenvalue weighted by Crippen LogP contribution is -2.27. The number of rotatable bonds is 1. The second-order valence-corrected chi connectivity index (χ2v) is 9.08. The fourth-order valence-corrected chi connectivity index (χ4v) is 2.62. The molecule has 0 unspecified atom stereocenters. The number of nitrogens with zero attached hydrogens (tertiary/aromatic N) is 1. The lowest BCUT2D eigenvalue weighted by atomic mass is 9.73. The lowest BCUT2D eigenvalue weighted by molar-refractivity contribution is 0.383. The van der Waals surface area contributed by atoms with E-state index >= 15 is 0 Å². The summed E-state index contributed by atoms with van der Waals surface area (Å²) in [5, 5.41) is 10.3. The predicted octanol–water partition coefficient (Wildman–Crippen LogP) is 4.97. The Balaban J connectivity index is 3.64. The molecule has 0 spiro atoms. The highest BCUT2D eigenvalue weighted by atomic mass is 16.3. The molecule has 0 radical (unpaired) electrons. The largest absolute Gasteiger partial charge is 0.506 e. The van der Waals surface area contributed by atoms with Crippen LogP contribution in [0.5, 0.6) is 5.75 Å². The van der Waals surface area contributed by atoms with Crippen LogP contribution in [0.15, 0.2) is 6.20 Å². The van der Waals surface area contributed by atoms with Gasteiger partial charge >= 0.3 is 0 Å². The average molecular weight is 277 g/mol. The van der Waals surface area contributed by atoms with Crippen molar-refractivity contribution in [2.75, 3.05) is 0 Å². The van der Waals surface area contributed by atoms with E-state index in [4.69, 9.17) is 0 Å². The second kappa shape index (κ2) is 5.05. The minimum atomic E-state index is -0.0328. The third-order valence-corrected chi connectivity index (χ3v) is 3.33. The third-order valence-electron chi connectivity index (χ3n) is 3.33. The van der Waals surface area contributed by atoms with Crippen LogP contribution in [0.4, 0.5) is 0 Å². The Morgan fingerprint density at radius 2 is 1.40 bits per heavy atom. The number of aromatic hydroxyl groups is 1. The molecule has 0 amide bonds. The van der Waals surface area contributed by atoms with Gasteiger partial charge in [-0.3, -0.25) is 4.98 Å². The standard InChI is InChI=1S/C18H31NO/c1-16(2,3)10-12-13(20)11-19-15(18(7,8)9)14(12)17(4,5)6/h11,20H,10H2,1-9H3. The molecule has 0 atom stereocenters. The van der Waals surface area contributed by atoms with Gasteiger partial charge in [0.1, 0.15) is 5.75 Å². The summed E-state index contributed by atoms with van der Waals surface area (Å²) in [6.45, 7) is 19.8. The highest BCUT2D eigenvalue weighted by Crippen LogP contribution is 2.40. The summed E-state index contributed by atoms with van der Waals surface area (Å²) < 4.78 is 0. The van der Waals surface area contributed by atoms with Crippen LogP contribution < -0.4 is 0 Å². The van der Waals surface area contributed by atoms with Crippen molar-refractivity contribution in [3.63, 3.8) is 0 Å². The molecule has 0 aliphatic heterocycles. The van der Waals surface area contributed by atoms with Crippen molar-refractivity contribution in [1.82, 2.24) is 4.98 Å². The molecule has 1 aromatic heterocycles. The first kappa shape index (κ1) is 17.0. The van der Waals surface area contributed by atoms with E-state index in [1.807, 2.05) is 0 Å². The molecule has 1 N–H and O–H groups in total. The molecule has 0 fully saturated rings. The molecule has 2 nitrogen and oxygen atoms in total. The fourth-order valence-electron chi connectivity index (χ4n) is 2.62. The Bertz CT molecular complexity index is 482. The minimum absolute atomic E-state index is 0.0249. The van der Waals surface area contributed by atoms with Crippen molar-refractivity contribution < 1.29 is 5.11 Å². The fraction of sp³-hybridized carbons (Fsp3) is 0.722. The summed E-state index contributed by atoms with van der Waals surface area (Å²) in [4.78, 5) is 4.56. The Kier molecular flexibility index (Phi) is 4.29. The quantitative estimate of drug-likeness (QED) is 0.786. The van der Waals surface area contributed by atoms with Crippen LogP contribution in [0.1, 0.15) is 79.1 Å². The van der Waals surface area contributed by atoms with Crippen LogP contribution >= 0.6 is 0 Å². The number of hydrogen-bond donors (Lipinski definition) is 1. The van der Waals surface area contributed by atoms with E-state index in [1.54, 1.807) is 6.20 Å². The molecule has 1 aromatic rings. The second-order valence-electron chi connectivity index (χ2n) is 9.08. The van der Waals surface area contributed by atoms with E-state index in [9.17, 15) is 5.11 Å². The van der Waals surface area contributed by atoms with E-state index in [2.05, 4.69) is 67.3 Å². The molecule has 2 heteroatoms. The normalized spacial score (nSPS) is 13.7. The van der Waals surface area contributed by atoms with Gasteiger partial charge in [0.15, 0.2) is 0 Å². The van der Waals surface area contributed by atoms with E-state index in [0.29, 0.717) is 5.75 Å². The topological polar surface area (TPSA) is 33.1 Å². The van der Waals surface area contributed by atoms with Gasteiger partial charge in [0.2, 0.25) is 0 Å². The zero-order chi connectivity index (χ0) is 15.9. The van der Waals surface area contributed by atoms with E-state index in [1.165, 1.54) is 5.56 Å². The zero-order valence-electron chi connectivity index (χ0n) is 14.7. The van der Waals surface area contributed by atoms with E-state index in [0.717, 1.165) is 17.7 Å². The SMILES string of the molecule is CC(C)(C)Cc1c(O)cnc(C(C)(C)C)c1C(C)(C)C. The Hall–Kier alpha value is -1.05. The van der Waals surface area contributed by atoms with Crippen LogP contribution in [0.3, 0.4) is 0 Å². The van der Waals surface area contributed by atoms with Crippen LogP contribution in [0, 0.1) is 5.41 Å². The molecule has 114 valence electrons. The maximum absolute atomic E-state index is 10.3. The van der Waals surface area contributed by atoms with E-state index in [-0.39, 0.29) is 16.2 Å². The summed E-state index contributed by atoms with van der Waals surface area (Å²) in [6, 6.07) is 0. The number of hydrogen-bond acceptors (Lipinski definition) is 2. The molecule has 1 rings (SSSR count). The number of pyridine rings is 1. The summed E-state index contributed by atoms with van der Waals surface area (Å²) in [7, 11) is 0. The zero-order valence-corrected chi connectivity index (χ0v) is 14.7. The van der Waals surface area contributed by atoms with Gasteiger partial charge in [0, 0.05) is 16.7 Å². The van der Waals surface area contributed by atoms with Gasteiger partial charge in [-0.15, -0.1) is 0 Å². The highest BCUT2D eigenvalue weighted by molar-refractivity contribution is 5.46. The summed E-state index contributed by atoms with van der Waals surface area (Å²) in [5.41, 5.74) is 3.44. The van der Waals surface area contributed by atoms with Crippen LogP contribution in [0.2, 0.25) is 0 Å². The first-order valence-electron chi connectivity index (χ1n) is 7.45. The molecular weight excluding hydrogens is 246 g/mol. The lowest BCUT2D eigenvalue weighted by Gasteiger charge is -2.33. The van der Waals surface area contributed by atoms with Crippen molar-refractivity contribution in [3.05, 3.63) is 23.0 Å². The van der Waals surface area contributed by atoms with Gasteiger partial charge in [-0.1, -0.05) is 62.3 Å². The van der Waals surface area contributed by atoms with Gasteiger partial charge in [0.25, 0.3) is 0 Å². The van der Waals surface area contributed by atoms with E-state index < -0.39 is 0 Å².